The van der Waals surface area contributed by atoms with Gasteiger partial charge in [-0.3, -0.25) is 9.58 Å². The number of methoxy groups -OCH3 is 2. The van der Waals surface area contributed by atoms with Crippen LogP contribution in [0.1, 0.15) is 42.0 Å². The molecule has 0 amide bonds. The average Bonchev–Trinajstić information content (AvgIpc) is 3.61. The van der Waals surface area contributed by atoms with Gasteiger partial charge in [-0.2, -0.15) is 9.40 Å². The molecule has 186 valence electrons. The first-order valence-electron chi connectivity index (χ1n) is 12.0. The van der Waals surface area contributed by atoms with Crippen molar-refractivity contribution in [1.29, 1.82) is 0 Å². The second kappa shape index (κ2) is 10.0. The molecule has 1 aliphatic heterocycles. The van der Waals surface area contributed by atoms with Gasteiger partial charge in [0.2, 0.25) is 0 Å². The van der Waals surface area contributed by atoms with Crippen LogP contribution in [-0.4, -0.2) is 54.7 Å². The summed E-state index contributed by atoms with van der Waals surface area (Å²) >= 11 is 0. The van der Waals surface area contributed by atoms with Gasteiger partial charge in [-0.1, -0.05) is 24.3 Å². The molecule has 2 fully saturated rings. The molecule has 1 aliphatic carbocycles. The number of benzene rings is 2. The molecule has 0 N–H and O–H groups in total. The lowest BCUT2D eigenvalue weighted by Crippen LogP contribution is -2.37. The number of sulfonamides is 1. The third kappa shape index (κ3) is 5.37. The first-order chi connectivity index (χ1) is 17.0. The van der Waals surface area contributed by atoms with Gasteiger partial charge in [-0.15, -0.1) is 0 Å². The third-order valence-electron chi connectivity index (χ3n) is 6.65. The summed E-state index contributed by atoms with van der Waals surface area (Å²) in [5.41, 5.74) is 2.55. The summed E-state index contributed by atoms with van der Waals surface area (Å²) in [7, 11) is -0.629. The molecular formula is C26H32N4O4S. The van der Waals surface area contributed by atoms with Gasteiger partial charge in [-0.05, 0) is 67.7 Å². The Labute approximate surface area is 207 Å². The summed E-state index contributed by atoms with van der Waals surface area (Å²) in [6.45, 7) is 3.07. The van der Waals surface area contributed by atoms with Crippen molar-refractivity contribution in [1.82, 2.24) is 19.0 Å². The molecule has 0 spiro atoms. The molecule has 0 unspecified atom stereocenters. The Kier molecular flexibility index (Phi) is 6.82. The number of aromatic nitrogens is 2. The zero-order chi connectivity index (χ0) is 24.4. The number of nitrogens with zero attached hydrogens (tertiary/aromatic N) is 4. The summed E-state index contributed by atoms with van der Waals surface area (Å²) in [4.78, 5) is 2.27. The van der Waals surface area contributed by atoms with Gasteiger partial charge in [0, 0.05) is 31.4 Å². The number of rotatable bonds is 11. The van der Waals surface area contributed by atoms with E-state index in [1.54, 1.807) is 14.2 Å². The van der Waals surface area contributed by atoms with Gasteiger partial charge in [0.25, 0.3) is 10.0 Å². The highest BCUT2D eigenvalue weighted by atomic mass is 32.2. The fraction of sp³-hybridized carbons (Fsp3) is 0.423. The van der Waals surface area contributed by atoms with Crippen LogP contribution in [0.3, 0.4) is 0 Å². The van der Waals surface area contributed by atoms with Crippen LogP contribution in [0.25, 0.3) is 0 Å². The largest absolute Gasteiger partial charge is 0.497 e. The molecule has 35 heavy (non-hydrogen) atoms. The van der Waals surface area contributed by atoms with E-state index in [2.05, 4.69) is 10.00 Å². The molecule has 1 aromatic heterocycles. The van der Waals surface area contributed by atoms with Crippen LogP contribution in [0.2, 0.25) is 0 Å². The molecule has 2 aliphatic rings. The van der Waals surface area contributed by atoms with Crippen LogP contribution >= 0.6 is 0 Å². The van der Waals surface area contributed by atoms with E-state index in [9.17, 15) is 8.42 Å². The van der Waals surface area contributed by atoms with E-state index < -0.39 is 10.0 Å². The second-order valence-electron chi connectivity index (χ2n) is 9.27. The van der Waals surface area contributed by atoms with Crippen molar-refractivity contribution in [3.63, 3.8) is 0 Å². The summed E-state index contributed by atoms with van der Waals surface area (Å²) in [5, 5.41) is 4.81. The van der Waals surface area contributed by atoms with Crippen molar-refractivity contribution < 1.29 is 17.9 Å². The summed E-state index contributed by atoms with van der Waals surface area (Å²) < 4.78 is 42.2. The molecule has 1 saturated carbocycles. The molecule has 2 aromatic carbocycles. The molecule has 8 nitrogen and oxygen atoms in total. The highest BCUT2D eigenvalue weighted by Crippen LogP contribution is 2.36. The Balaban J connectivity index is 1.49. The summed E-state index contributed by atoms with van der Waals surface area (Å²) in [6.07, 6.45) is 5.19. The van der Waals surface area contributed by atoms with Crippen molar-refractivity contribution in [3.8, 4) is 11.5 Å². The van der Waals surface area contributed by atoms with Crippen LogP contribution in [0.15, 0.2) is 59.8 Å². The molecule has 1 saturated heterocycles. The van der Waals surface area contributed by atoms with Gasteiger partial charge in [0.05, 0.1) is 20.3 Å². The Bertz CT molecular complexity index is 1200. The molecule has 0 atom stereocenters. The van der Waals surface area contributed by atoms with Gasteiger partial charge >= 0.3 is 0 Å². The highest BCUT2D eigenvalue weighted by Gasteiger charge is 2.34. The molecular weight excluding hydrogens is 464 g/mol. The van der Waals surface area contributed by atoms with Crippen molar-refractivity contribution in [2.75, 3.05) is 27.3 Å². The summed E-state index contributed by atoms with van der Waals surface area (Å²) in [6, 6.07) is 15.3. The standard InChI is InChI=1S/C26H32N4O4S/c1-33-24-10-4-20(5-11-24)16-29(17-21-6-12-25(34-2)13-7-21)35(31,32)26-22(18-28-14-3-15-28)19-30(27-26)23-8-9-23/h4-7,10-13,19,23H,3,8-9,14-18H2,1-2H3. The van der Waals surface area contributed by atoms with E-state index in [0.29, 0.717) is 12.6 Å². The Morgan fingerprint density at radius 1 is 0.914 bits per heavy atom. The van der Waals surface area contributed by atoms with Crippen LogP contribution in [0, 0.1) is 0 Å². The van der Waals surface area contributed by atoms with E-state index in [-0.39, 0.29) is 18.1 Å². The van der Waals surface area contributed by atoms with E-state index in [0.717, 1.165) is 60.5 Å². The zero-order valence-corrected chi connectivity index (χ0v) is 21.1. The van der Waals surface area contributed by atoms with Gasteiger partial charge in [-0.25, -0.2) is 8.42 Å². The predicted molar refractivity (Wildman–Crippen MR) is 133 cm³/mol. The lowest BCUT2D eigenvalue weighted by Gasteiger charge is -2.30. The summed E-state index contributed by atoms with van der Waals surface area (Å²) in [5.74, 6) is 1.47. The van der Waals surface area contributed by atoms with Gasteiger partial charge < -0.3 is 9.47 Å². The molecule has 9 heteroatoms. The number of hydrogen-bond donors (Lipinski definition) is 0. The Hall–Kier alpha value is -2.88. The SMILES string of the molecule is COc1ccc(CN(Cc2ccc(OC)cc2)S(=O)(=O)c2nn(C3CC3)cc2CN2CCC2)cc1. The minimum Gasteiger partial charge on any atom is -0.497 e. The number of likely N-dealkylation sites (tertiary alicyclic amines) is 1. The van der Waals surface area contributed by atoms with Crippen LogP contribution in [-0.2, 0) is 29.7 Å². The zero-order valence-electron chi connectivity index (χ0n) is 20.3. The van der Waals surface area contributed by atoms with Crippen LogP contribution in [0.4, 0.5) is 0 Å². The lowest BCUT2D eigenvalue weighted by molar-refractivity contribution is 0.171. The number of hydrogen-bond acceptors (Lipinski definition) is 6. The first-order valence-corrected chi connectivity index (χ1v) is 13.5. The van der Waals surface area contributed by atoms with Crippen molar-refractivity contribution in [3.05, 3.63) is 71.4 Å². The number of ether oxygens (including phenoxy) is 2. The van der Waals surface area contributed by atoms with Gasteiger partial charge in [0.15, 0.2) is 5.03 Å². The Morgan fingerprint density at radius 2 is 1.46 bits per heavy atom. The van der Waals surface area contributed by atoms with Crippen molar-refractivity contribution in [2.24, 2.45) is 0 Å². The Morgan fingerprint density at radius 3 is 1.89 bits per heavy atom. The molecule has 3 aromatic rings. The van der Waals surface area contributed by atoms with Gasteiger partial charge in [0.1, 0.15) is 11.5 Å². The maximum absolute atomic E-state index is 14.1. The molecule has 0 bridgehead atoms. The average molecular weight is 497 g/mol. The van der Waals surface area contributed by atoms with E-state index in [4.69, 9.17) is 9.47 Å². The van der Waals surface area contributed by atoms with Crippen LogP contribution < -0.4 is 9.47 Å². The molecule has 0 radical (unpaired) electrons. The van der Waals surface area contributed by atoms with Crippen molar-refractivity contribution >= 4 is 10.0 Å². The molecule has 2 heterocycles. The minimum absolute atomic E-state index is 0.179. The predicted octanol–water partition coefficient (Wildman–Crippen LogP) is 3.83. The topological polar surface area (TPSA) is 76.9 Å². The van der Waals surface area contributed by atoms with E-state index in [1.165, 1.54) is 4.31 Å². The quantitative estimate of drug-likeness (QED) is 0.402. The first kappa shape index (κ1) is 23.8. The molecule has 5 rings (SSSR count). The highest BCUT2D eigenvalue weighted by molar-refractivity contribution is 7.89. The van der Waals surface area contributed by atoms with Crippen LogP contribution in [0.5, 0.6) is 11.5 Å². The van der Waals surface area contributed by atoms with Crippen molar-refractivity contribution in [2.45, 2.75) is 50.0 Å². The monoisotopic (exact) mass is 496 g/mol. The maximum atomic E-state index is 14.1. The lowest BCUT2D eigenvalue weighted by atomic mass is 10.2. The minimum atomic E-state index is -3.86. The fourth-order valence-electron chi connectivity index (χ4n) is 4.26. The smallest absolute Gasteiger partial charge is 0.263 e. The fourth-order valence-corrected chi connectivity index (χ4v) is 5.79. The van der Waals surface area contributed by atoms with E-state index in [1.807, 2.05) is 59.4 Å². The maximum Gasteiger partial charge on any atom is 0.263 e. The van der Waals surface area contributed by atoms with E-state index >= 15 is 0 Å². The second-order valence-corrected chi connectivity index (χ2v) is 11.1. The third-order valence-corrected chi connectivity index (χ3v) is 8.42. The normalized spacial score (nSPS) is 16.3.